The predicted molar refractivity (Wildman–Crippen MR) is 190 cm³/mol. The van der Waals surface area contributed by atoms with E-state index in [4.69, 9.17) is 9.47 Å². The molecule has 0 aliphatic carbocycles. The number of carbonyl (C=O) groups is 1. The summed E-state index contributed by atoms with van der Waals surface area (Å²) in [6.07, 6.45) is 0.823. The smallest absolute Gasteiger partial charge is 0.251 e. The number of ether oxygens (including phenoxy) is 2. The number of carbonyl (C=O) groups excluding carboxylic acids is 1. The maximum absolute atomic E-state index is 13.7. The van der Waals surface area contributed by atoms with Crippen molar-refractivity contribution in [1.82, 2.24) is 20.3 Å². The number of halogens is 1. The molecule has 254 valence electrons. The molecule has 1 aromatic heterocycles. The zero-order valence-electron chi connectivity index (χ0n) is 27.4. The van der Waals surface area contributed by atoms with Gasteiger partial charge in [-0.05, 0) is 47.4 Å². The van der Waals surface area contributed by atoms with Gasteiger partial charge >= 0.3 is 0 Å². The summed E-state index contributed by atoms with van der Waals surface area (Å²) in [7, 11) is 0. The summed E-state index contributed by atoms with van der Waals surface area (Å²) < 4.78 is 25.0. The fourth-order valence-electron chi connectivity index (χ4n) is 5.15. The van der Waals surface area contributed by atoms with Crippen LogP contribution in [0.1, 0.15) is 39.4 Å². The number of nitrogens with zero attached hydrogens (tertiary/aromatic N) is 3. The van der Waals surface area contributed by atoms with E-state index in [9.17, 15) is 9.18 Å². The SMILES string of the molecule is O=C(NCCOCCOCCNc1nc(NCCC(c2ccccc2)c2ccccc2)nc(NCc2cccc(F)c2)n1)c1ccccc1. The van der Waals surface area contributed by atoms with Gasteiger partial charge in [-0.3, -0.25) is 4.79 Å². The molecule has 0 saturated heterocycles. The minimum absolute atomic E-state index is 0.126. The quantitative estimate of drug-likeness (QED) is 0.0729. The Balaban J connectivity index is 1.10. The van der Waals surface area contributed by atoms with Gasteiger partial charge in [-0.1, -0.05) is 91.0 Å². The first kappa shape index (κ1) is 34.9. The Hall–Kier alpha value is -5.39. The number of benzene rings is 4. The normalized spacial score (nSPS) is 10.9. The molecule has 0 aliphatic rings. The lowest BCUT2D eigenvalue weighted by molar-refractivity contribution is 0.0519. The van der Waals surface area contributed by atoms with Crippen LogP contribution in [0.25, 0.3) is 0 Å². The van der Waals surface area contributed by atoms with Crippen molar-refractivity contribution in [3.05, 3.63) is 143 Å². The molecular formula is C38H42FN7O3. The second-order valence-electron chi connectivity index (χ2n) is 11.2. The molecule has 4 N–H and O–H groups in total. The Bertz CT molecular complexity index is 1660. The van der Waals surface area contributed by atoms with Gasteiger partial charge in [-0.25, -0.2) is 4.39 Å². The van der Waals surface area contributed by atoms with Crippen LogP contribution < -0.4 is 21.3 Å². The number of aromatic nitrogens is 3. The average Bonchev–Trinajstić information content (AvgIpc) is 3.14. The second kappa shape index (κ2) is 19.4. The number of hydrogen-bond donors (Lipinski definition) is 4. The summed E-state index contributed by atoms with van der Waals surface area (Å²) in [5, 5.41) is 12.6. The third-order valence-electron chi connectivity index (χ3n) is 7.56. The molecule has 5 rings (SSSR count). The van der Waals surface area contributed by atoms with Crippen LogP contribution in [0.5, 0.6) is 0 Å². The van der Waals surface area contributed by atoms with Crippen molar-refractivity contribution in [1.29, 1.82) is 0 Å². The van der Waals surface area contributed by atoms with Crippen molar-refractivity contribution in [2.45, 2.75) is 18.9 Å². The van der Waals surface area contributed by atoms with Crippen molar-refractivity contribution in [3.8, 4) is 0 Å². The summed E-state index contributed by atoms with van der Waals surface area (Å²) in [4.78, 5) is 25.8. The van der Waals surface area contributed by atoms with Gasteiger partial charge in [0.15, 0.2) is 0 Å². The summed E-state index contributed by atoms with van der Waals surface area (Å²) in [6.45, 7) is 3.47. The molecular weight excluding hydrogens is 621 g/mol. The average molecular weight is 664 g/mol. The molecule has 0 aliphatic heterocycles. The summed E-state index contributed by atoms with van der Waals surface area (Å²) >= 11 is 0. The number of hydrogen-bond acceptors (Lipinski definition) is 9. The van der Waals surface area contributed by atoms with E-state index < -0.39 is 0 Å². The van der Waals surface area contributed by atoms with Crippen LogP contribution in [0.15, 0.2) is 115 Å². The van der Waals surface area contributed by atoms with Crippen molar-refractivity contribution in [3.63, 3.8) is 0 Å². The van der Waals surface area contributed by atoms with E-state index in [0.29, 0.717) is 76.0 Å². The van der Waals surface area contributed by atoms with Crippen LogP contribution in [0.2, 0.25) is 0 Å². The van der Waals surface area contributed by atoms with E-state index in [1.54, 1.807) is 18.2 Å². The van der Waals surface area contributed by atoms with Crippen LogP contribution in [0.3, 0.4) is 0 Å². The van der Waals surface area contributed by atoms with Gasteiger partial charge in [0.1, 0.15) is 5.82 Å². The lowest BCUT2D eigenvalue weighted by Gasteiger charge is -2.19. The molecule has 0 spiro atoms. The zero-order chi connectivity index (χ0) is 33.9. The Morgan fingerprint density at radius 3 is 1.78 bits per heavy atom. The summed E-state index contributed by atoms with van der Waals surface area (Å²) in [6, 6.07) is 36.4. The third kappa shape index (κ3) is 12.0. The molecule has 49 heavy (non-hydrogen) atoms. The number of amides is 1. The van der Waals surface area contributed by atoms with Crippen molar-refractivity contribution in [2.75, 3.05) is 62.0 Å². The Kier molecular flexibility index (Phi) is 13.9. The first-order chi connectivity index (χ1) is 24.1. The van der Waals surface area contributed by atoms with Gasteiger partial charge in [0.25, 0.3) is 5.91 Å². The highest BCUT2D eigenvalue weighted by Crippen LogP contribution is 2.27. The molecule has 0 bridgehead atoms. The van der Waals surface area contributed by atoms with E-state index >= 15 is 0 Å². The van der Waals surface area contributed by atoms with Crippen LogP contribution in [-0.2, 0) is 16.0 Å². The van der Waals surface area contributed by atoms with Gasteiger partial charge in [-0.2, -0.15) is 15.0 Å². The topological polar surface area (TPSA) is 122 Å². The standard InChI is InChI=1S/C38H42FN7O3/c39-33-18-10-11-29(27-33)28-43-38-45-36(41-20-19-34(30-12-4-1-5-13-30)31-14-6-2-7-15-31)44-37(46-38)42-22-24-49-26-25-48-23-21-40-35(47)32-16-8-3-9-17-32/h1-18,27,34H,19-26,28H2,(H,40,47)(H3,41,42,43,44,45,46). The first-order valence-electron chi connectivity index (χ1n) is 16.4. The van der Waals surface area contributed by atoms with Crippen LogP contribution >= 0.6 is 0 Å². The first-order valence-corrected chi connectivity index (χ1v) is 16.4. The number of rotatable bonds is 20. The number of anilines is 3. The lowest BCUT2D eigenvalue weighted by atomic mass is 9.88. The van der Waals surface area contributed by atoms with E-state index in [-0.39, 0.29) is 17.6 Å². The molecule has 0 fully saturated rings. The highest BCUT2D eigenvalue weighted by atomic mass is 19.1. The van der Waals surface area contributed by atoms with Gasteiger partial charge in [0.05, 0.1) is 26.4 Å². The Morgan fingerprint density at radius 2 is 1.16 bits per heavy atom. The Labute approximate surface area is 286 Å². The third-order valence-corrected chi connectivity index (χ3v) is 7.56. The largest absolute Gasteiger partial charge is 0.377 e. The maximum Gasteiger partial charge on any atom is 0.251 e. The molecule has 0 saturated carbocycles. The van der Waals surface area contributed by atoms with Crippen molar-refractivity contribution >= 4 is 23.8 Å². The van der Waals surface area contributed by atoms with E-state index in [2.05, 4.69) is 84.8 Å². The fourth-order valence-corrected chi connectivity index (χ4v) is 5.15. The number of nitrogens with one attached hydrogen (secondary N) is 4. The second-order valence-corrected chi connectivity index (χ2v) is 11.2. The van der Waals surface area contributed by atoms with Gasteiger partial charge < -0.3 is 30.7 Å². The molecule has 1 amide bonds. The van der Waals surface area contributed by atoms with Crippen molar-refractivity contribution < 1.29 is 18.7 Å². The molecule has 0 radical (unpaired) electrons. The van der Waals surface area contributed by atoms with Crippen LogP contribution in [-0.4, -0.2) is 66.9 Å². The Morgan fingerprint density at radius 1 is 0.612 bits per heavy atom. The van der Waals surface area contributed by atoms with Gasteiger partial charge in [-0.15, -0.1) is 0 Å². The molecule has 1 heterocycles. The zero-order valence-corrected chi connectivity index (χ0v) is 27.4. The van der Waals surface area contributed by atoms with Crippen LogP contribution in [0.4, 0.5) is 22.2 Å². The van der Waals surface area contributed by atoms with Crippen molar-refractivity contribution in [2.24, 2.45) is 0 Å². The fraction of sp³-hybridized carbons (Fsp3) is 0.263. The monoisotopic (exact) mass is 663 g/mol. The molecule has 4 aromatic carbocycles. The molecule has 0 atom stereocenters. The minimum Gasteiger partial charge on any atom is -0.377 e. The minimum atomic E-state index is -0.300. The van der Waals surface area contributed by atoms with E-state index in [1.807, 2.05) is 36.4 Å². The lowest BCUT2D eigenvalue weighted by Crippen LogP contribution is -2.27. The van der Waals surface area contributed by atoms with Gasteiger partial charge in [0, 0.05) is 37.7 Å². The maximum atomic E-state index is 13.7. The van der Waals surface area contributed by atoms with Gasteiger partial charge in [0.2, 0.25) is 17.8 Å². The molecule has 11 heteroatoms. The van der Waals surface area contributed by atoms with Crippen LogP contribution in [0, 0.1) is 5.82 Å². The van der Waals surface area contributed by atoms with E-state index in [0.717, 1.165) is 12.0 Å². The van der Waals surface area contributed by atoms with E-state index in [1.165, 1.54) is 23.3 Å². The molecule has 0 unspecified atom stereocenters. The highest BCUT2D eigenvalue weighted by Gasteiger charge is 2.14. The molecule has 5 aromatic rings. The highest BCUT2D eigenvalue weighted by molar-refractivity contribution is 5.94. The summed E-state index contributed by atoms with van der Waals surface area (Å²) in [5.41, 5.74) is 3.87. The summed E-state index contributed by atoms with van der Waals surface area (Å²) in [5.74, 6) is 0.948. The predicted octanol–water partition coefficient (Wildman–Crippen LogP) is 6.13. The molecule has 10 nitrogen and oxygen atoms in total.